The summed E-state index contributed by atoms with van der Waals surface area (Å²) >= 11 is 0. The molecule has 1 aromatic rings. The minimum atomic E-state index is 0.156. The standard InChI is InChI=1S/C16H28N2/c1-5-10-18(13(2)3)11-9-16(17)15-8-6-7-14(4)12-15/h6-8,12-13,16H,5,9-11,17H2,1-4H3. The second-order valence-corrected chi connectivity index (χ2v) is 5.44. The molecule has 2 heteroatoms. The zero-order chi connectivity index (χ0) is 13.5. The molecule has 1 rings (SSSR count). The summed E-state index contributed by atoms with van der Waals surface area (Å²) in [6, 6.07) is 9.31. The molecule has 102 valence electrons. The van der Waals surface area contributed by atoms with Crippen molar-refractivity contribution in [2.45, 2.75) is 52.6 Å². The minimum Gasteiger partial charge on any atom is -0.324 e. The van der Waals surface area contributed by atoms with Crippen LogP contribution in [-0.2, 0) is 0 Å². The quantitative estimate of drug-likeness (QED) is 0.800. The van der Waals surface area contributed by atoms with Crippen LogP contribution in [-0.4, -0.2) is 24.0 Å². The molecule has 1 atom stereocenters. The van der Waals surface area contributed by atoms with E-state index in [1.54, 1.807) is 0 Å². The van der Waals surface area contributed by atoms with Crippen LogP contribution in [0, 0.1) is 6.92 Å². The highest BCUT2D eigenvalue weighted by molar-refractivity contribution is 5.24. The first kappa shape index (κ1) is 15.2. The molecular formula is C16H28N2. The van der Waals surface area contributed by atoms with Crippen LogP contribution in [0.15, 0.2) is 24.3 Å². The van der Waals surface area contributed by atoms with Gasteiger partial charge in [0, 0.05) is 18.6 Å². The van der Waals surface area contributed by atoms with Gasteiger partial charge in [-0.15, -0.1) is 0 Å². The van der Waals surface area contributed by atoms with Crippen molar-refractivity contribution in [1.82, 2.24) is 4.90 Å². The Labute approximate surface area is 112 Å². The van der Waals surface area contributed by atoms with E-state index in [1.807, 2.05) is 0 Å². The summed E-state index contributed by atoms with van der Waals surface area (Å²) in [6.45, 7) is 11.1. The number of aryl methyl sites for hydroxylation is 1. The molecule has 2 N–H and O–H groups in total. The largest absolute Gasteiger partial charge is 0.324 e. The zero-order valence-electron chi connectivity index (χ0n) is 12.3. The van der Waals surface area contributed by atoms with Crippen molar-refractivity contribution < 1.29 is 0 Å². The number of nitrogens with two attached hydrogens (primary N) is 1. The van der Waals surface area contributed by atoms with Gasteiger partial charge in [-0.05, 0) is 45.7 Å². The molecule has 0 radical (unpaired) electrons. The highest BCUT2D eigenvalue weighted by Crippen LogP contribution is 2.16. The summed E-state index contributed by atoms with van der Waals surface area (Å²) in [5.41, 5.74) is 8.83. The Balaban J connectivity index is 2.51. The molecular weight excluding hydrogens is 220 g/mol. The third-order valence-corrected chi connectivity index (χ3v) is 3.44. The van der Waals surface area contributed by atoms with Crippen LogP contribution < -0.4 is 5.73 Å². The number of nitrogens with zero attached hydrogens (tertiary/aromatic N) is 1. The van der Waals surface area contributed by atoms with Crippen LogP contribution in [0.1, 0.15) is 50.8 Å². The van der Waals surface area contributed by atoms with E-state index >= 15 is 0 Å². The van der Waals surface area contributed by atoms with E-state index in [2.05, 4.69) is 56.9 Å². The molecule has 1 aromatic carbocycles. The monoisotopic (exact) mass is 248 g/mol. The average molecular weight is 248 g/mol. The zero-order valence-corrected chi connectivity index (χ0v) is 12.3. The fourth-order valence-corrected chi connectivity index (χ4v) is 2.29. The summed E-state index contributed by atoms with van der Waals surface area (Å²) in [4.78, 5) is 2.51. The van der Waals surface area contributed by atoms with Crippen molar-refractivity contribution in [3.05, 3.63) is 35.4 Å². The molecule has 0 bridgehead atoms. The molecule has 2 nitrogen and oxygen atoms in total. The van der Waals surface area contributed by atoms with Crippen LogP contribution in [0.3, 0.4) is 0 Å². The Morgan fingerprint density at radius 2 is 1.94 bits per heavy atom. The molecule has 0 aromatic heterocycles. The van der Waals surface area contributed by atoms with E-state index in [0.717, 1.165) is 19.5 Å². The lowest BCUT2D eigenvalue weighted by atomic mass is 10.0. The van der Waals surface area contributed by atoms with Gasteiger partial charge in [-0.1, -0.05) is 36.8 Å². The topological polar surface area (TPSA) is 29.3 Å². The minimum absolute atomic E-state index is 0.156. The molecule has 0 fully saturated rings. The smallest absolute Gasteiger partial charge is 0.0307 e. The second kappa shape index (κ2) is 7.55. The molecule has 18 heavy (non-hydrogen) atoms. The van der Waals surface area contributed by atoms with E-state index in [-0.39, 0.29) is 6.04 Å². The van der Waals surface area contributed by atoms with Gasteiger partial charge in [-0.25, -0.2) is 0 Å². The van der Waals surface area contributed by atoms with Gasteiger partial charge < -0.3 is 10.6 Å². The maximum Gasteiger partial charge on any atom is 0.0307 e. The van der Waals surface area contributed by atoms with E-state index in [9.17, 15) is 0 Å². The lowest BCUT2D eigenvalue weighted by molar-refractivity contribution is 0.214. The van der Waals surface area contributed by atoms with Crippen LogP contribution in [0.2, 0.25) is 0 Å². The molecule has 0 spiro atoms. The van der Waals surface area contributed by atoms with Crippen LogP contribution in [0.5, 0.6) is 0 Å². The fraction of sp³-hybridized carbons (Fsp3) is 0.625. The van der Waals surface area contributed by atoms with Gasteiger partial charge in [-0.3, -0.25) is 0 Å². The highest BCUT2D eigenvalue weighted by atomic mass is 15.1. The number of benzene rings is 1. The lowest BCUT2D eigenvalue weighted by Gasteiger charge is -2.27. The maximum atomic E-state index is 6.28. The Bertz CT molecular complexity index is 347. The first-order valence-corrected chi connectivity index (χ1v) is 7.10. The van der Waals surface area contributed by atoms with Crippen molar-refractivity contribution >= 4 is 0 Å². The summed E-state index contributed by atoms with van der Waals surface area (Å²) < 4.78 is 0. The van der Waals surface area contributed by atoms with E-state index in [4.69, 9.17) is 5.73 Å². The summed E-state index contributed by atoms with van der Waals surface area (Å²) in [6.07, 6.45) is 2.24. The molecule has 0 aliphatic heterocycles. The number of hydrogen-bond acceptors (Lipinski definition) is 2. The van der Waals surface area contributed by atoms with Gasteiger partial charge in [0.15, 0.2) is 0 Å². The predicted molar refractivity (Wildman–Crippen MR) is 79.7 cm³/mol. The Kier molecular flexibility index (Phi) is 6.37. The molecule has 0 heterocycles. The summed E-state index contributed by atoms with van der Waals surface area (Å²) in [5, 5.41) is 0. The predicted octanol–water partition coefficient (Wildman–Crippen LogP) is 3.51. The fourth-order valence-electron chi connectivity index (χ4n) is 2.29. The number of hydrogen-bond donors (Lipinski definition) is 1. The van der Waals surface area contributed by atoms with Crippen molar-refractivity contribution in [2.24, 2.45) is 5.73 Å². The summed E-state index contributed by atoms with van der Waals surface area (Å²) in [7, 11) is 0. The Morgan fingerprint density at radius 1 is 1.22 bits per heavy atom. The molecule has 0 amide bonds. The van der Waals surface area contributed by atoms with E-state index in [1.165, 1.54) is 17.5 Å². The Morgan fingerprint density at radius 3 is 2.50 bits per heavy atom. The Hall–Kier alpha value is -0.860. The summed E-state index contributed by atoms with van der Waals surface area (Å²) in [5.74, 6) is 0. The molecule has 0 aliphatic rings. The lowest BCUT2D eigenvalue weighted by Crippen LogP contribution is -2.34. The highest BCUT2D eigenvalue weighted by Gasteiger charge is 2.11. The van der Waals surface area contributed by atoms with E-state index in [0.29, 0.717) is 6.04 Å². The second-order valence-electron chi connectivity index (χ2n) is 5.44. The first-order chi connectivity index (χ1) is 8.54. The van der Waals surface area contributed by atoms with Gasteiger partial charge in [-0.2, -0.15) is 0 Å². The van der Waals surface area contributed by atoms with Crippen LogP contribution in [0.4, 0.5) is 0 Å². The SMILES string of the molecule is CCCN(CCC(N)c1cccc(C)c1)C(C)C. The molecule has 1 unspecified atom stereocenters. The van der Waals surface area contributed by atoms with Crippen molar-refractivity contribution in [3.63, 3.8) is 0 Å². The molecule has 0 saturated heterocycles. The van der Waals surface area contributed by atoms with Crippen molar-refractivity contribution in [3.8, 4) is 0 Å². The van der Waals surface area contributed by atoms with Crippen molar-refractivity contribution in [2.75, 3.05) is 13.1 Å². The van der Waals surface area contributed by atoms with Crippen LogP contribution in [0.25, 0.3) is 0 Å². The van der Waals surface area contributed by atoms with Gasteiger partial charge in [0.1, 0.15) is 0 Å². The first-order valence-electron chi connectivity index (χ1n) is 7.10. The van der Waals surface area contributed by atoms with Gasteiger partial charge in [0.05, 0.1) is 0 Å². The van der Waals surface area contributed by atoms with Crippen LogP contribution >= 0.6 is 0 Å². The maximum absolute atomic E-state index is 6.28. The van der Waals surface area contributed by atoms with Gasteiger partial charge in [0.25, 0.3) is 0 Å². The number of rotatable bonds is 7. The third-order valence-electron chi connectivity index (χ3n) is 3.44. The third kappa shape index (κ3) is 4.79. The van der Waals surface area contributed by atoms with Gasteiger partial charge in [0.2, 0.25) is 0 Å². The average Bonchev–Trinajstić information content (AvgIpc) is 2.33. The van der Waals surface area contributed by atoms with Crippen molar-refractivity contribution in [1.29, 1.82) is 0 Å². The van der Waals surface area contributed by atoms with Gasteiger partial charge >= 0.3 is 0 Å². The van der Waals surface area contributed by atoms with E-state index < -0.39 is 0 Å². The normalized spacial score (nSPS) is 13.3. The molecule has 0 saturated carbocycles. The molecule has 0 aliphatic carbocycles.